The van der Waals surface area contributed by atoms with Crippen LogP contribution in [0.3, 0.4) is 0 Å². The Kier molecular flexibility index (Phi) is 8.82. The summed E-state index contributed by atoms with van der Waals surface area (Å²) in [6.45, 7) is 2.17. The van der Waals surface area contributed by atoms with E-state index >= 15 is 0 Å². The average molecular weight is 616 g/mol. The van der Waals surface area contributed by atoms with E-state index in [0.717, 1.165) is 82.3 Å². The maximum atomic E-state index is 11.5. The smallest absolute Gasteiger partial charge is 0.406 e. The molecule has 0 aliphatic heterocycles. The number of ether oxygens (including phenoxy) is 1. The zero-order valence-corrected chi connectivity index (χ0v) is 25.9. The quantitative estimate of drug-likeness (QED) is 0.230. The first kappa shape index (κ1) is 29.7. The second-order valence-electron chi connectivity index (χ2n) is 11.6. The number of anilines is 1. The molecule has 0 atom stereocenters. The number of hydrogen-bond acceptors (Lipinski definition) is 10. The van der Waals surface area contributed by atoms with Gasteiger partial charge in [0.25, 0.3) is 0 Å². The van der Waals surface area contributed by atoms with E-state index < -0.39 is 6.09 Å². The predicted octanol–water partition coefficient (Wildman–Crippen LogP) is 4.67. The van der Waals surface area contributed by atoms with Crippen molar-refractivity contribution in [2.24, 2.45) is 10.9 Å². The molecule has 230 valence electrons. The molecule has 0 spiro atoms. The van der Waals surface area contributed by atoms with Gasteiger partial charge in [-0.15, -0.1) is 10.2 Å². The number of hydrogen-bond donors (Lipinski definition) is 3. The fraction of sp³-hybridized carbons (Fsp3) is 0.452. The summed E-state index contributed by atoms with van der Waals surface area (Å²) in [5.74, 6) is 0.752. The third kappa shape index (κ3) is 6.57. The second-order valence-corrected chi connectivity index (χ2v) is 12.6. The first-order chi connectivity index (χ1) is 21.4. The molecule has 2 amide bonds. The molecular weight excluding hydrogens is 578 g/mol. The van der Waals surface area contributed by atoms with Gasteiger partial charge in [-0.1, -0.05) is 11.3 Å². The minimum absolute atomic E-state index is 0.0276. The number of aromatic nitrogens is 5. The van der Waals surface area contributed by atoms with Gasteiger partial charge < -0.3 is 20.7 Å². The van der Waals surface area contributed by atoms with Crippen molar-refractivity contribution in [2.75, 3.05) is 26.0 Å². The minimum atomic E-state index is -0.403. The first-order valence-electron chi connectivity index (χ1n) is 15.0. The Morgan fingerprint density at radius 1 is 1.11 bits per heavy atom. The lowest BCUT2D eigenvalue weighted by Gasteiger charge is -2.36. The van der Waals surface area contributed by atoms with Crippen LogP contribution in [0.4, 0.5) is 10.5 Å². The molecule has 0 saturated heterocycles. The van der Waals surface area contributed by atoms with Crippen LogP contribution in [0.5, 0.6) is 0 Å². The Bertz CT molecular complexity index is 1670. The van der Waals surface area contributed by atoms with E-state index in [-0.39, 0.29) is 18.0 Å². The topological polar surface area (TPSA) is 148 Å². The summed E-state index contributed by atoms with van der Waals surface area (Å²) in [7, 11) is 3.12. The summed E-state index contributed by atoms with van der Waals surface area (Å²) in [5.41, 5.74) is 5.44. The second kappa shape index (κ2) is 13.1. The molecule has 2 fully saturated rings. The Balaban J connectivity index is 1.24. The maximum Gasteiger partial charge on any atom is 0.406 e. The van der Waals surface area contributed by atoms with Crippen LogP contribution in [0.2, 0.25) is 0 Å². The number of alkyl carbamates (subject to hydrolysis) is 1. The highest BCUT2D eigenvalue weighted by molar-refractivity contribution is 7.14. The summed E-state index contributed by atoms with van der Waals surface area (Å²) in [5, 5.41) is 25.3. The molecule has 44 heavy (non-hydrogen) atoms. The number of pyridine rings is 1. The highest BCUT2D eigenvalue weighted by Crippen LogP contribution is 2.40. The molecule has 2 aliphatic rings. The molecule has 6 rings (SSSR count). The van der Waals surface area contributed by atoms with Gasteiger partial charge in [-0.25, -0.2) is 9.31 Å². The summed E-state index contributed by atoms with van der Waals surface area (Å²) >= 11 is 1.62. The first-order valence-corrected chi connectivity index (χ1v) is 15.8. The lowest BCUT2D eigenvalue weighted by atomic mass is 9.80. The Labute approximate surface area is 259 Å². The van der Waals surface area contributed by atoms with Gasteiger partial charge in [0.05, 0.1) is 35.8 Å². The molecule has 3 N–H and O–H groups in total. The van der Waals surface area contributed by atoms with E-state index in [1.807, 2.05) is 28.9 Å². The fourth-order valence-electron chi connectivity index (χ4n) is 6.13. The van der Waals surface area contributed by atoms with Crippen molar-refractivity contribution in [3.05, 3.63) is 47.2 Å². The van der Waals surface area contributed by atoms with Gasteiger partial charge in [0, 0.05) is 62.2 Å². The average Bonchev–Trinajstić information content (AvgIpc) is 3.66. The molecule has 0 aromatic carbocycles. The molecule has 13 heteroatoms. The Hall–Kier alpha value is -4.39. The van der Waals surface area contributed by atoms with Gasteiger partial charge >= 0.3 is 6.09 Å². The Morgan fingerprint density at radius 3 is 2.68 bits per heavy atom. The van der Waals surface area contributed by atoms with E-state index in [9.17, 15) is 9.59 Å². The van der Waals surface area contributed by atoms with Gasteiger partial charge in [0.1, 0.15) is 5.01 Å². The van der Waals surface area contributed by atoms with Gasteiger partial charge in [-0.3, -0.25) is 14.8 Å². The van der Waals surface area contributed by atoms with E-state index in [4.69, 9.17) is 9.72 Å². The number of carbonyl (C=O) groups is 2. The van der Waals surface area contributed by atoms with E-state index in [0.29, 0.717) is 18.4 Å². The molecule has 2 saturated carbocycles. The van der Waals surface area contributed by atoms with Crippen molar-refractivity contribution >= 4 is 40.8 Å². The number of nitrogens with one attached hydrogen (secondary N) is 3. The molecule has 0 radical (unpaired) electrons. The number of nitrogens with zero attached hydrogens (tertiary/aromatic N) is 6. The summed E-state index contributed by atoms with van der Waals surface area (Å²) < 4.78 is 6.59. The van der Waals surface area contributed by atoms with Crippen molar-refractivity contribution in [1.82, 2.24) is 35.4 Å². The monoisotopic (exact) mass is 615 g/mol. The van der Waals surface area contributed by atoms with Crippen LogP contribution < -0.4 is 16.0 Å². The lowest BCUT2D eigenvalue weighted by Crippen LogP contribution is -2.42. The molecule has 0 unspecified atom stereocenters. The molecular formula is C31H37N9O3S. The molecule has 0 bridgehead atoms. The highest BCUT2D eigenvalue weighted by Gasteiger charge is 2.31. The van der Waals surface area contributed by atoms with Crippen LogP contribution in [-0.2, 0) is 9.53 Å². The SMILES string of the molecule is CN=Cc1cnn2c(-c3cc(NC4CC(CNC(=O)OC)C4)c(-c4nnc(C5CCC(NC(C)=O)CC5)s4)cn3)ccc2c1. The van der Waals surface area contributed by atoms with Crippen molar-refractivity contribution in [3.63, 3.8) is 0 Å². The number of fused-ring (bicyclic) bond motifs is 1. The number of amides is 2. The van der Waals surface area contributed by atoms with E-state index in [1.54, 1.807) is 37.7 Å². The van der Waals surface area contributed by atoms with Crippen LogP contribution >= 0.6 is 11.3 Å². The van der Waals surface area contributed by atoms with Crippen molar-refractivity contribution in [3.8, 4) is 22.0 Å². The highest BCUT2D eigenvalue weighted by atomic mass is 32.1. The van der Waals surface area contributed by atoms with Gasteiger partial charge in [-0.05, 0) is 68.7 Å². The molecule has 2 aliphatic carbocycles. The fourth-order valence-corrected chi connectivity index (χ4v) is 7.17. The van der Waals surface area contributed by atoms with Crippen LogP contribution in [0, 0.1) is 5.92 Å². The Morgan fingerprint density at radius 2 is 1.93 bits per heavy atom. The molecule has 12 nitrogen and oxygen atoms in total. The number of methoxy groups -OCH3 is 1. The van der Waals surface area contributed by atoms with Gasteiger partial charge in [-0.2, -0.15) is 5.10 Å². The predicted molar refractivity (Wildman–Crippen MR) is 170 cm³/mol. The van der Waals surface area contributed by atoms with E-state index in [2.05, 4.69) is 42.3 Å². The van der Waals surface area contributed by atoms with Crippen LogP contribution in [0.1, 0.15) is 61.9 Å². The van der Waals surface area contributed by atoms with Gasteiger partial charge in [0.2, 0.25) is 5.91 Å². The number of carbonyl (C=O) groups excluding carboxylic acids is 2. The lowest BCUT2D eigenvalue weighted by molar-refractivity contribution is -0.119. The molecule has 4 aromatic heterocycles. The van der Waals surface area contributed by atoms with Crippen LogP contribution in [0.25, 0.3) is 27.5 Å². The van der Waals surface area contributed by atoms with Crippen LogP contribution in [0.15, 0.2) is 41.7 Å². The molecule has 4 aromatic rings. The van der Waals surface area contributed by atoms with Crippen molar-refractivity contribution in [2.45, 2.75) is 63.5 Å². The standard InChI is InChI=1S/C31H37N9O3S/c1-18(41)36-22-6-4-21(5-7-22)29-38-39-30(44-29)25-17-33-27(28-9-8-24-12-20(14-32-2)16-35-40(24)28)13-26(25)37-23-10-19(11-23)15-34-31(42)43-3/h8-9,12-14,16-17,19,21-23H,4-7,10-11,15H2,1-3H3,(H,33,37)(H,34,42)(H,36,41). The van der Waals surface area contributed by atoms with Crippen LogP contribution in [-0.4, -0.2) is 75.8 Å². The summed E-state index contributed by atoms with van der Waals surface area (Å²) in [6.07, 6.45) is 10.8. The van der Waals surface area contributed by atoms with Crippen molar-refractivity contribution < 1.29 is 14.3 Å². The normalized spacial score (nSPS) is 21.6. The summed E-state index contributed by atoms with van der Waals surface area (Å²) in [6, 6.07) is 8.66. The van der Waals surface area contributed by atoms with E-state index in [1.165, 1.54) is 7.11 Å². The van der Waals surface area contributed by atoms with Crippen molar-refractivity contribution in [1.29, 1.82) is 0 Å². The minimum Gasteiger partial charge on any atom is -0.453 e. The third-order valence-corrected chi connectivity index (χ3v) is 9.56. The third-order valence-electron chi connectivity index (χ3n) is 8.44. The zero-order chi connectivity index (χ0) is 30.6. The zero-order valence-electron chi connectivity index (χ0n) is 25.1. The van der Waals surface area contributed by atoms with Gasteiger partial charge in [0.15, 0.2) is 5.01 Å². The largest absolute Gasteiger partial charge is 0.453 e. The summed E-state index contributed by atoms with van der Waals surface area (Å²) in [4.78, 5) is 31.9. The maximum absolute atomic E-state index is 11.5. The molecule has 4 heterocycles. The number of aliphatic imine (C=N–C) groups is 1. The number of rotatable bonds is 9.